The second-order valence-corrected chi connectivity index (χ2v) is 8.08. The van der Waals surface area contributed by atoms with Crippen LogP contribution in [0.5, 0.6) is 0 Å². The summed E-state index contributed by atoms with van der Waals surface area (Å²) in [6.07, 6.45) is 6.50. The predicted octanol–water partition coefficient (Wildman–Crippen LogP) is 4.51. The molecule has 0 spiro atoms. The summed E-state index contributed by atoms with van der Waals surface area (Å²) in [5.74, 6) is 0.537. The van der Waals surface area contributed by atoms with E-state index in [9.17, 15) is 0 Å². The minimum Gasteiger partial charge on any atom is -0.384 e. The molecule has 5 heteroatoms. The van der Waals surface area contributed by atoms with E-state index in [0.717, 1.165) is 47.1 Å². The number of fused-ring (bicyclic) bond motifs is 4. The Morgan fingerprint density at radius 3 is 2.75 bits per heavy atom. The summed E-state index contributed by atoms with van der Waals surface area (Å²) in [4.78, 5) is 4.43. The molecule has 0 amide bonds. The number of ether oxygens (including phenoxy) is 1. The first kappa shape index (κ1) is 15.9. The third-order valence-electron chi connectivity index (χ3n) is 5.64. The van der Waals surface area contributed by atoms with Crippen molar-refractivity contribution in [2.75, 3.05) is 24.2 Å². The molecule has 126 valence electrons. The van der Waals surface area contributed by atoms with Crippen molar-refractivity contribution in [3.8, 4) is 0 Å². The summed E-state index contributed by atoms with van der Waals surface area (Å²) < 4.78 is 7.14. The summed E-state index contributed by atoms with van der Waals surface area (Å²) in [7, 11) is 0. The Labute approximate surface area is 150 Å². The van der Waals surface area contributed by atoms with Gasteiger partial charge in [0.1, 0.15) is 5.82 Å². The Morgan fingerprint density at radius 2 is 2.08 bits per heavy atom. The van der Waals surface area contributed by atoms with Gasteiger partial charge in [-0.2, -0.15) is 0 Å². The van der Waals surface area contributed by atoms with Gasteiger partial charge < -0.3 is 15.8 Å². The molecule has 3 heterocycles. The van der Waals surface area contributed by atoms with Crippen molar-refractivity contribution in [2.45, 2.75) is 31.3 Å². The minimum absolute atomic E-state index is 0.0676. The Hall–Kier alpha value is -1.59. The van der Waals surface area contributed by atoms with Gasteiger partial charge in [0.15, 0.2) is 0 Å². The van der Waals surface area contributed by atoms with E-state index in [0.29, 0.717) is 5.82 Å². The average molecular weight is 388 g/mol. The number of nitrogens with zero attached hydrogens (tertiary/aromatic N) is 1. The van der Waals surface area contributed by atoms with Crippen LogP contribution in [-0.4, -0.2) is 23.7 Å². The monoisotopic (exact) mass is 387 g/mol. The van der Waals surface area contributed by atoms with Crippen molar-refractivity contribution >= 4 is 38.3 Å². The first-order valence-electron chi connectivity index (χ1n) is 8.40. The zero-order chi connectivity index (χ0) is 16.8. The van der Waals surface area contributed by atoms with E-state index in [4.69, 9.17) is 10.5 Å². The topological polar surface area (TPSA) is 60.2 Å². The van der Waals surface area contributed by atoms with E-state index in [2.05, 4.69) is 38.9 Å². The zero-order valence-corrected chi connectivity index (χ0v) is 15.2. The summed E-state index contributed by atoms with van der Waals surface area (Å²) in [5, 5.41) is 4.72. The maximum absolute atomic E-state index is 6.13. The average Bonchev–Trinajstić information content (AvgIpc) is 2.61. The van der Waals surface area contributed by atoms with Crippen molar-refractivity contribution in [3.63, 3.8) is 0 Å². The smallest absolute Gasteiger partial charge is 0.126 e. The number of nitrogen functional groups attached to an aromatic ring is 1. The van der Waals surface area contributed by atoms with Gasteiger partial charge in [0.05, 0.1) is 17.7 Å². The van der Waals surface area contributed by atoms with Crippen molar-refractivity contribution in [1.82, 2.24) is 4.98 Å². The standard InChI is InChI=1S/C19H22BrN3O/c1-2-19-7-5-18(6-8-19,12-24-19)11-22-15-10-17(21)23-16-9-13(20)3-4-14(15)16/h2-4,9-10H,1,5-8,11-12H2,(H3,21,22,23). The van der Waals surface area contributed by atoms with E-state index in [-0.39, 0.29) is 11.0 Å². The first-order valence-corrected chi connectivity index (χ1v) is 9.20. The van der Waals surface area contributed by atoms with Gasteiger partial charge in [-0.1, -0.05) is 22.0 Å². The molecule has 1 aromatic carbocycles. The Balaban J connectivity index is 1.57. The van der Waals surface area contributed by atoms with Crippen LogP contribution in [0.4, 0.5) is 11.5 Å². The van der Waals surface area contributed by atoms with E-state index >= 15 is 0 Å². The molecule has 4 nitrogen and oxygen atoms in total. The molecule has 2 aromatic rings. The highest BCUT2D eigenvalue weighted by Gasteiger charge is 2.48. The third-order valence-corrected chi connectivity index (χ3v) is 6.13. The van der Waals surface area contributed by atoms with Crippen LogP contribution in [0.3, 0.4) is 0 Å². The lowest BCUT2D eigenvalue weighted by atomic mass is 9.66. The zero-order valence-electron chi connectivity index (χ0n) is 13.6. The van der Waals surface area contributed by atoms with Crippen LogP contribution < -0.4 is 11.1 Å². The van der Waals surface area contributed by atoms with Gasteiger partial charge >= 0.3 is 0 Å². The number of aromatic nitrogens is 1. The van der Waals surface area contributed by atoms with Crippen LogP contribution in [0.15, 0.2) is 41.4 Å². The molecule has 3 aliphatic rings. The number of nitrogens with two attached hydrogens (primary N) is 1. The van der Waals surface area contributed by atoms with Crippen LogP contribution in [0.1, 0.15) is 25.7 Å². The Morgan fingerprint density at radius 1 is 1.29 bits per heavy atom. The van der Waals surface area contributed by atoms with Crippen molar-refractivity contribution in [1.29, 1.82) is 0 Å². The molecule has 2 bridgehead atoms. The van der Waals surface area contributed by atoms with Crippen LogP contribution >= 0.6 is 15.9 Å². The van der Waals surface area contributed by atoms with Crippen LogP contribution in [0, 0.1) is 5.41 Å². The minimum atomic E-state index is -0.0676. The number of halogens is 1. The van der Waals surface area contributed by atoms with Crippen molar-refractivity contribution in [2.24, 2.45) is 5.41 Å². The number of rotatable bonds is 4. The molecule has 3 fully saturated rings. The molecule has 2 saturated heterocycles. The highest BCUT2D eigenvalue weighted by Crippen LogP contribution is 2.49. The van der Waals surface area contributed by atoms with Gasteiger partial charge in [-0.15, -0.1) is 6.58 Å². The molecule has 1 saturated carbocycles. The molecular weight excluding hydrogens is 366 g/mol. The molecule has 3 N–H and O–H groups in total. The maximum atomic E-state index is 6.13. The summed E-state index contributed by atoms with van der Waals surface area (Å²) in [6, 6.07) is 8.03. The molecule has 1 aliphatic carbocycles. The number of pyridine rings is 1. The largest absolute Gasteiger partial charge is 0.384 e. The molecule has 1 aromatic heterocycles. The highest BCUT2D eigenvalue weighted by atomic mass is 79.9. The summed E-state index contributed by atoms with van der Waals surface area (Å²) >= 11 is 3.49. The summed E-state index contributed by atoms with van der Waals surface area (Å²) in [5.41, 5.74) is 8.08. The fourth-order valence-corrected chi connectivity index (χ4v) is 4.28. The SMILES string of the molecule is C=CC12CCC(CNc3cc(N)nc4cc(Br)ccc34)(CC1)CO2. The van der Waals surface area contributed by atoms with Gasteiger partial charge in [-0.05, 0) is 43.9 Å². The Kier molecular flexibility index (Phi) is 3.81. The first-order chi connectivity index (χ1) is 11.5. The number of benzene rings is 1. The summed E-state index contributed by atoms with van der Waals surface area (Å²) in [6.45, 7) is 5.65. The molecule has 0 unspecified atom stereocenters. The van der Waals surface area contributed by atoms with Gasteiger partial charge in [0.2, 0.25) is 0 Å². The second-order valence-electron chi connectivity index (χ2n) is 7.17. The van der Waals surface area contributed by atoms with Crippen LogP contribution in [0.2, 0.25) is 0 Å². The number of anilines is 2. The van der Waals surface area contributed by atoms with Gasteiger partial charge in [-0.3, -0.25) is 0 Å². The van der Waals surface area contributed by atoms with Crippen molar-refractivity contribution in [3.05, 3.63) is 41.4 Å². The number of nitrogens with one attached hydrogen (secondary N) is 1. The normalized spacial score (nSPS) is 28.9. The predicted molar refractivity (Wildman–Crippen MR) is 102 cm³/mol. The van der Waals surface area contributed by atoms with Gasteiger partial charge in [0, 0.05) is 33.6 Å². The van der Waals surface area contributed by atoms with E-state index < -0.39 is 0 Å². The van der Waals surface area contributed by atoms with Crippen LogP contribution in [0.25, 0.3) is 10.9 Å². The molecule has 0 atom stereocenters. The highest BCUT2D eigenvalue weighted by molar-refractivity contribution is 9.10. The quantitative estimate of drug-likeness (QED) is 0.757. The van der Waals surface area contributed by atoms with E-state index in [1.54, 1.807) is 0 Å². The maximum Gasteiger partial charge on any atom is 0.126 e. The molecule has 2 aliphatic heterocycles. The number of hydrogen-bond acceptors (Lipinski definition) is 4. The van der Waals surface area contributed by atoms with Crippen LogP contribution in [-0.2, 0) is 4.74 Å². The molecular formula is C19H22BrN3O. The lowest BCUT2D eigenvalue weighted by molar-refractivity contribution is -0.152. The molecule has 24 heavy (non-hydrogen) atoms. The van der Waals surface area contributed by atoms with E-state index in [1.807, 2.05) is 24.3 Å². The molecule has 0 radical (unpaired) electrons. The van der Waals surface area contributed by atoms with Crippen molar-refractivity contribution < 1.29 is 4.74 Å². The Bertz CT molecular complexity index is 775. The number of hydrogen-bond donors (Lipinski definition) is 2. The lowest BCUT2D eigenvalue weighted by Gasteiger charge is -2.52. The van der Waals surface area contributed by atoms with Gasteiger partial charge in [-0.25, -0.2) is 4.98 Å². The van der Waals surface area contributed by atoms with Gasteiger partial charge in [0.25, 0.3) is 0 Å². The third kappa shape index (κ3) is 2.70. The van der Waals surface area contributed by atoms with E-state index in [1.165, 1.54) is 12.8 Å². The fraction of sp³-hybridized carbons (Fsp3) is 0.421. The fourth-order valence-electron chi connectivity index (χ4n) is 3.93. The molecule has 5 rings (SSSR count). The second kappa shape index (κ2) is 5.74. The lowest BCUT2D eigenvalue weighted by Crippen LogP contribution is -2.52.